The number of likely N-dealkylation sites (N-methyl/N-ethyl adjacent to an activating group) is 1. The van der Waals surface area contributed by atoms with Gasteiger partial charge in [0.1, 0.15) is 6.54 Å². The molecule has 2 aromatic carbocycles. The monoisotopic (exact) mass is 400 g/mol. The summed E-state index contributed by atoms with van der Waals surface area (Å²) in [6, 6.07) is 14.2. The molecule has 29 heavy (non-hydrogen) atoms. The van der Waals surface area contributed by atoms with E-state index >= 15 is 0 Å². The van der Waals surface area contributed by atoms with Gasteiger partial charge in [0.25, 0.3) is 5.91 Å². The zero-order chi connectivity index (χ0) is 21.2. The number of ether oxygens (including phenoxy) is 2. The first-order valence-corrected chi connectivity index (χ1v) is 9.75. The summed E-state index contributed by atoms with van der Waals surface area (Å²) in [5, 5.41) is 5.03. The number of methoxy groups -OCH3 is 1. The summed E-state index contributed by atoms with van der Waals surface area (Å²) in [7, 11) is 3.53. The summed E-state index contributed by atoms with van der Waals surface area (Å²) in [4.78, 5) is 25.7. The number of urea groups is 1. The maximum absolute atomic E-state index is 12.9. The number of rotatable bonds is 9. The number of carbonyl (C=O) groups is 2. The number of amides is 3. The molecular weight excluding hydrogens is 370 g/mol. The standard InChI is InChI=1S/C22H29N3O4/c1-5-23-22(27)24-21(26)20(17-10-8-7-9-11-17)25(3)15-16-12-13-18(29-6-2)19(14-16)28-4/h7-14,20H,5-6,15H2,1-4H3,(H2,23,24,26,27)/p+1/t20-/m1/s1. The summed E-state index contributed by atoms with van der Waals surface area (Å²) in [6.07, 6.45) is 0. The van der Waals surface area contributed by atoms with Gasteiger partial charge in [-0.2, -0.15) is 0 Å². The molecule has 0 saturated carbocycles. The lowest BCUT2D eigenvalue weighted by Gasteiger charge is -2.25. The maximum atomic E-state index is 12.9. The second-order valence-corrected chi connectivity index (χ2v) is 6.63. The molecule has 0 aromatic heterocycles. The lowest BCUT2D eigenvalue weighted by Crippen LogP contribution is -3.09. The number of benzene rings is 2. The molecule has 0 radical (unpaired) electrons. The Labute approximate surface area is 172 Å². The minimum atomic E-state index is -0.545. The van der Waals surface area contributed by atoms with Gasteiger partial charge in [-0.15, -0.1) is 0 Å². The number of hydrogen-bond acceptors (Lipinski definition) is 4. The summed E-state index contributed by atoms with van der Waals surface area (Å²) in [5.41, 5.74) is 1.83. The fraction of sp³-hybridized carbons (Fsp3) is 0.364. The minimum absolute atomic E-state index is 0.349. The topological polar surface area (TPSA) is 81.1 Å². The molecule has 2 atom stereocenters. The molecule has 3 N–H and O–H groups in total. The van der Waals surface area contributed by atoms with Gasteiger partial charge in [-0.05, 0) is 32.0 Å². The largest absolute Gasteiger partial charge is 0.493 e. The third-order valence-corrected chi connectivity index (χ3v) is 4.47. The summed E-state index contributed by atoms with van der Waals surface area (Å²) < 4.78 is 11.0. The highest BCUT2D eigenvalue weighted by atomic mass is 16.5. The Kier molecular flexibility index (Phi) is 8.48. The predicted molar refractivity (Wildman–Crippen MR) is 111 cm³/mol. The molecule has 0 aliphatic rings. The van der Waals surface area contributed by atoms with E-state index in [0.717, 1.165) is 16.0 Å². The van der Waals surface area contributed by atoms with E-state index in [9.17, 15) is 9.59 Å². The molecule has 0 bridgehead atoms. The average molecular weight is 400 g/mol. The van der Waals surface area contributed by atoms with Crippen LogP contribution in [0, 0.1) is 0 Å². The van der Waals surface area contributed by atoms with Gasteiger partial charge in [-0.1, -0.05) is 30.3 Å². The van der Waals surface area contributed by atoms with Gasteiger partial charge in [0, 0.05) is 17.7 Å². The lowest BCUT2D eigenvalue weighted by atomic mass is 10.0. The molecule has 7 heteroatoms. The van der Waals surface area contributed by atoms with E-state index in [1.54, 1.807) is 14.0 Å². The van der Waals surface area contributed by atoms with Crippen LogP contribution < -0.4 is 25.0 Å². The quantitative estimate of drug-likeness (QED) is 0.598. The molecule has 2 rings (SSSR count). The summed E-state index contributed by atoms with van der Waals surface area (Å²) >= 11 is 0. The van der Waals surface area contributed by atoms with E-state index in [-0.39, 0.29) is 5.91 Å². The van der Waals surface area contributed by atoms with Crippen LogP contribution in [-0.2, 0) is 11.3 Å². The van der Waals surface area contributed by atoms with Crippen LogP contribution >= 0.6 is 0 Å². The number of quaternary nitrogens is 1. The Morgan fingerprint density at radius 1 is 1.07 bits per heavy atom. The molecule has 2 aromatic rings. The van der Waals surface area contributed by atoms with Gasteiger partial charge in [-0.25, -0.2) is 4.79 Å². The van der Waals surface area contributed by atoms with Gasteiger partial charge in [0.05, 0.1) is 20.8 Å². The number of carbonyl (C=O) groups excluding carboxylic acids is 2. The number of imide groups is 1. The van der Waals surface area contributed by atoms with Gasteiger partial charge in [-0.3, -0.25) is 10.1 Å². The van der Waals surface area contributed by atoms with Crippen LogP contribution in [0.3, 0.4) is 0 Å². The second kappa shape index (κ2) is 11.1. The van der Waals surface area contributed by atoms with Crippen LogP contribution in [0.25, 0.3) is 0 Å². The average Bonchev–Trinajstić information content (AvgIpc) is 2.70. The third kappa shape index (κ3) is 6.22. The van der Waals surface area contributed by atoms with Gasteiger partial charge >= 0.3 is 6.03 Å². The van der Waals surface area contributed by atoms with Gasteiger partial charge in [0.2, 0.25) is 0 Å². The van der Waals surface area contributed by atoms with Crippen LogP contribution in [0.2, 0.25) is 0 Å². The van der Waals surface area contributed by atoms with Crippen LogP contribution in [0.1, 0.15) is 31.0 Å². The molecule has 3 amide bonds. The predicted octanol–water partition coefficient (Wildman–Crippen LogP) is 1.70. The van der Waals surface area contributed by atoms with E-state index < -0.39 is 12.1 Å². The number of hydrogen-bond donors (Lipinski definition) is 3. The third-order valence-electron chi connectivity index (χ3n) is 4.47. The molecule has 0 spiro atoms. The SMILES string of the molecule is CCNC(=O)NC(=O)[C@@H](c1ccccc1)[NH+](C)Cc1ccc(OCC)c(OC)c1. The maximum Gasteiger partial charge on any atom is 0.321 e. The smallest absolute Gasteiger partial charge is 0.321 e. The van der Waals surface area contributed by atoms with Crippen molar-refractivity contribution in [2.75, 3.05) is 27.3 Å². The van der Waals surface area contributed by atoms with E-state index in [1.165, 1.54) is 0 Å². The van der Waals surface area contributed by atoms with Crippen molar-refractivity contribution in [2.45, 2.75) is 26.4 Å². The van der Waals surface area contributed by atoms with Crippen molar-refractivity contribution in [1.82, 2.24) is 10.6 Å². The molecule has 0 aliphatic carbocycles. The molecular formula is C22H30N3O4+. The van der Waals surface area contributed by atoms with E-state index in [4.69, 9.17) is 9.47 Å². The van der Waals surface area contributed by atoms with Crippen LogP contribution in [0.5, 0.6) is 11.5 Å². The highest BCUT2D eigenvalue weighted by molar-refractivity contribution is 5.96. The first kappa shape index (κ1) is 22.2. The lowest BCUT2D eigenvalue weighted by molar-refractivity contribution is -0.916. The van der Waals surface area contributed by atoms with Gasteiger partial charge in [0.15, 0.2) is 17.5 Å². The zero-order valence-electron chi connectivity index (χ0n) is 17.5. The van der Waals surface area contributed by atoms with Crippen LogP contribution in [0.15, 0.2) is 48.5 Å². The molecule has 7 nitrogen and oxygen atoms in total. The molecule has 1 unspecified atom stereocenters. The Bertz CT molecular complexity index is 811. The second-order valence-electron chi connectivity index (χ2n) is 6.63. The van der Waals surface area contributed by atoms with Gasteiger partial charge < -0.3 is 19.7 Å². The van der Waals surface area contributed by atoms with E-state index in [0.29, 0.717) is 31.2 Å². The molecule has 0 aliphatic heterocycles. The summed E-state index contributed by atoms with van der Waals surface area (Å²) in [5.74, 6) is 0.989. The minimum Gasteiger partial charge on any atom is -0.493 e. The Morgan fingerprint density at radius 2 is 1.79 bits per heavy atom. The van der Waals surface area contributed by atoms with E-state index in [2.05, 4.69) is 10.6 Å². The Morgan fingerprint density at radius 3 is 2.41 bits per heavy atom. The highest BCUT2D eigenvalue weighted by Crippen LogP contribution is 2.27. The van der Waals surface area contributed by atoms with Crippen molar-refractivity contribution in [3.8, 4) is 11.5 Å². The normalized spacial score (nSPS) is 12.6. The Hall–Kier alpha value is -3.06. The van der Waals surface area contributed by atoms with Crippen molar-refractivity contribution < 1.29 is 24.0 Å². The van der Waals surface area contributed by atoms with Crippen molar-refractivity contribution in [2.24, 2.45) is 0 Å². The molecule has 0 fully saturated rings. The first-order valence-electron chi connectivity index (χ1n) is 9.75. The fourth-order valence-electron chi connectivity index (χ4n) is 3.21. The van der Waals surface area contributed by atoms with Crippen molar-refractivity contribution in [1.29, 1.82) is 0 Å². The molecule has 0 heterocycles. The molecule has 0 saturated heterocycles. The highest BCUT2D eigenvalue weighted by Gasteiger charge is 2.30. The van der Waals surface area contributed by atoms with Crippen molar-refractivity contribution in [3.05, 3.63) is 59.7 Å². The Balaban J connectivity index is 2.24. The molecule has 156 valence electrons. The zero-order valence-corrected chi connectivity index (χ0v) is 17.5. The van der Waals surface area contributed by atoms with Crippen molar-refractivity contribution >= 4 is 11.9 Å². The fourth-order valence-corrected chi connectivity index (χ4v) is 3.21. The number of nitrogens with one attached hydrogen (secondary N) is 3. The van der Waals surface area contributed by atoms with Crippen LogP contribution in [-0.4, -0.2) is 39.2 Å². The van der Waals surface area contributed by atoms with Crippen LogP contribution in [0.4, 0.5) is 4.79 Å². The first-order chi connectivity index (χ1) is 14.0. The van der Waals surface area contributed by atoms with Crippen molar-refractivity contribution in [3.63, 3.8) is 0 Å². The van der Waals surface area contributed by atoms with E-state index in [1.807, 2.05) is 62.5 Å². The summed E-state index contributed by atoms with van der Waals surface area (Å²) in [6.45, 7) is 5.28.